The highest BCUT2D eigenvalue weighted by molar-refractivity contribution is 6.35. The number of nitrogens with zero attached hydrogens (tertiary/aromatic N) is 3. The number of aryl methyl sites for hydroxylation is 1. The van der Waals surface area contributed by atoms with Crippen LogP contribution in [0.25, 0.3) is 0 Å². The summed E-state index contributed by atoms with van der Waals surface area (Å²) in [5.41, 5.74) is 2.35. The zero-order valence-corrected chi connectivity index (χ0v) is 19.1. The summed E-state index contributed by atoms with van der Waals surface area (Å²) in [5.74, 6) is -1.40. The lowest BCUT2D eigenvalue weighted by molar-refractivity contribution is -0.158. The molecular formula is C24H26ClFN4O3. The van der Waals surface area contributed by atoms with E-state index in [-0.39, 0.29) is 24.4 Å². The number of anilines is 1. The molecule has 2 aliphatic heterocycles. The molecule has 2 aromatic carbocycles. The van der Waals surface area contributed by atoms with Gasteiger partial charge in [-0.25, -0.2) is 9.18 Å². The fourth-order valence-electron chi connectivity index (χ4n) is 4.30. The molecule has 2 saturated heterocycles. The van der Waals surface area contributed by atoms with Crippen LogP contribution in [0.2, 0.25) is 5.02 Å². The minimum absolute atomic E-state index is 0.0820. The number of piperidine rings is 1. The lowest BCUT2D eigenvalue weighted by Crippen LogP contribution is -2.59. The van der Waals surface area contributed by atoms with Crippen molar-refractivity contribution in [3.8, 4) is 0 Å². The van der Waals surface area contributed by atoms with Crippen molar-refractivity contribution in [2.24, 2.45) is 0 Å². The summed E-state index contributed by atoms with van der Waals surface area (Å²) < 4.78 is 13.1. The van der Waals surface area contributed by atoms with Crippen LogP contribution < -0.4 is 5.32 Å². The number of nitrogens with one attached hydrogen (secondary N) is 1. The third-order valence-corrected chi connectivity index (χ3v) is 6.50. The number of carbonyl (C=O) groups excluding carboxylic acids is 3. The van der Waals surface area contributed by atoms with Crippen LogP contribution in [-0.2, 0) is 16.1 Å². The van der Waals surface area contributed by atoms with Crippen LogP contribution in [0.4, 0.5) is 14.9 Å². The zero-order chi connectivity index (χ0) is 23.5. The first-order valence-corrected chi connectivity index (χ1v) is 11.4. The summed E-state index contributed by atoms with van der Waals surface area (Å²) >= 11 is 6.21. The van der Waals surface area contributed by atoms with E-state index in [2.05, 4.69) is 5.32 Å². The predicted octanol–water partition coefficient (Wildman–Crippen LogP) is 3.65. The Hall–Kier alpha value is -3.13. The van der Waals surface area contributed by atoms with Gasteiger partial charge in [0, 0.05) is 38.8 Å². The Morgan fingerprint density at radius 1 is 1.03 bits per heavy atom. The number of urea groups is 1. The van der Waals surface area contributed by atoms with Gasteiger partial charge in [0.05, 0.1) is 10.7 Å². The number of hydrogen-bond acceptors (Lipinski definition) is 3. The van der Waals surface area contributed by atoms with Crippen LogP contribution in [-0.4, -0.2) is 64.8 Å². The van der Waals surface area contributed by atoms with E-state index in [0.29, 0.717) is 49.7 Å². The van der Waals surface area contributed by atoms with Gasteiger partial charge in [-0.15, -0.1) is 0 Å². The van der Waals surface area contributed by atoms with E-state index >= 15 is 0 Å². The largest absolute Gasteiger partial charge is 0.330 e. The molecule has 0 radical (unpaired) electrons. The average molecular weight is 473 g/mol. The monoisotopic (exact) mass is 472 g/mol. The standard InChI is InChI=1S/C24H26ClFN4O3/c1-16-2-7-21(20(25)14-16)27-24(33)28-10-8-19(9-11-28)30-13-12-29(22(31)23(30)32)15-17-3-5-18(26)6-4-17/h2-7,14,19H,8-13,15H2,1H3,(H,27,33). The van der Waals surface area contributed by atoms with Gasteiger partial charge in [0.15, 0.2) is 0 Å². The molecular weight excluding hydrogens is 447 g/mol. The van der Waals surface area contributed by atoms with Crippen molar-refractivity contribution in [2.45, 2.75) is 32.4 Å². The maximum absolute atomic E-state index is 13.1. The second kappa shape index (κ2) is 9.79. The highest BCUT2D eigenvalue weighted by atomic mass is 35.5. The number of piperazine rings is 1. The van der Waals surface area contributed by atoms with Crippen molar-refractivity contribution in [1.29, 1.82) is 0 Å². The van der Waals surface area contributed by atoms with Gasteiger partial charge in [-0.1, -0.05) is 29.8 Å². The van der Waals surface area contributed by atoms with E-state index in [9.17, 15) is 18.8 Å². The highest BCUT2D eigenvalue weighted by Gasteiger charge is 2.38. The Bertz CT molecular complexity index is 1050. The Kier molecular flexibility index (Phi) is 6.83. The van der Waals surface area contributed by atoms with Gasteiger partial charge in [0.25, 0.3) is 0 Å². The van der Waals surface area contributed by atoms with Crippen LogP contribution in [0.1, 0.15) is 24.0 Å². The van der Waals surface area contributed by atoms with Gasteiger partial charge in [-0.2, -0.15) is 0 Å². The minimum Gasteiger partial charge on any atom is -0.330 e. The third kappa shape index (κ3) is 5.27. The van der Waals surface area contributed by atoms with Crippen LogP contribution in [0, 0.1) is 12.7 Å². The van der Waals surface area contributed by atoms with Gasteiger partial charge in [0.2, 0.25) is 0 Å². The molecule has 1 N–H and O–H groups in total. The third-order valence-electron chi connectivity index (χ3n) is 6.19. The summed E-state index contributed by atoms with van der Waals surface area (Å²) in [4.78, 5) is 42.9. The molecule has 2 aliphatic rings. The molecule has 174 valence electrons. The normalized spacial score (nSPS) is 17.5. The average Bonchev–Trinajstić information content (AvgIpc) is 2.80. The van der Waals surface area contributed by atoms with Crippen molar-refractivity contribution in [1.82, 2.24) is 14.7 Å². The Morgan fingerprint density at radius 3 is 2.39 bits per heavy atom. The van der Waals surface area contributed by atoms with Gasteiger partial charge in [-0.3, -0.25) is 9.59 Å². The molecule has 2 aromatic rings. The maximum atomic E-state index is 13.1. The molecule has 0 unspecified atom stereocenters. The Balaban J connectivity index is 1.29. The molecule has 0 atom stereocenters. The first-order valence-electron chi connectivity index (χ1n) is 11.0. The zero-order valence-electron chi connectivity index (χ0n) is 18.4. The summed E-state index contributed by atoms with van der Waals surface area (Å²) in [6.07, 6.45) is 1.21. The van der Waals surface area contributed by atoms with E-state index in [0.717, 1.165) is 11.1 Å². The maximum Gasteiger partial charge on any atom is 0.321 e. The highest BCUT2D eigenvalue weighted by Crippen LogP contribution is 2.25. The summed E-state index contributed by atoms with van der Waals surface area (Å²) in [6.45, 7) is 4.04. The van der Waals surface area contributed by atoms with Gasteiger partial charge < -0.3 is 20.0 Å². The van der Waals surface area contributed by atoms with Crippen molar-refractivity contribution < 1.29 is 18.8 Å². The molecule has 4 amide bonds. The first-order chi connectivity index (χ1) is 15.8. The van der Waals surface area contributed by atoms with Gasteiger partial charge in [-0.05, 0) is 55.2 Å². The molecule has 0 spiro atoms. The minimum atomic E-state index is -0.542. The van der Waals surface area contributed by atoms with Gasteiger partial charge >= 0.3 is 17.8 Å². The van der Waals surface area contributed by atoms with E-state index < -0.39 is 11.8 Å². The van der Waals surface area contributed by atoms with Crippen LogP contribution >= 0.6 is 11.6 Å². The number of likely N-dealkylation sites (tertiary alicyclic amines) is 1. The smallest absolute Gasteiger partial charge is 0.321 e. The SMILES string of the molecule is Cc1ccc(NC(=O)N2CCC(N3CCN(Cc4ccc(F)cc4)C(=O)C3=O)CC2)c(Cl)c1. The second-order valence-electron chi connectivity index (χ2n) is 8.48. The van der Waals surface area contributed by atoms with Crippen molar-refractivity contribution in [3.05, 3.63) is 64.4 Å². The van der Waals surface area contributed by atoms with E-state index in [1.54, 1.807) is 34.1 Å². The molecule has 2 fully saturated rings. The summed E-state index contributed by atoms with van der Waals surface area (Å²) in [6, 6.07) is 11.1. The number of benzene rings is 2. The molecule has 9 heteroatoms. The van der Waals surface area contributed by atoms with Crippen LogP contribution in [0.15, 0.2) is 42.5 Å². The lowest BCUT2D eigenvalue weighted by Gasteiger charge is -2.42. The van der Waals surface area contributed by atoms with E-state index in [1.807, 2.05) is 13.0 Å². The first kappa shape index (κ1) is 23.0. The number of halogens is 2. The second-order valence-corrected chi connectivity index (χ2v) is 8.89. The number of amides is 4. The number of rotatable bonds is 4. The fraction of sp³-hybridized carbons (Fsp3) is 0.375. The molecule has 33 heavy (non-hydrogen) atoms. The van der Waals surface area contributed by atoms with Crippen LogP contribution in [0.5, 0.6) is 0 Å². The van der Waals surface area contributed by atoms with Crippen LogP contribution in [0.3, 0.4) is 0 Å². The van der Waals surface area contributed by atoms with Gasteiger partial charge in [0.1, 0.15) is 5.82 Å². The predicted molar refractivity (Wildman–Crippen MR) is 123 cm³/mol. The lowest BCUT2D eigenvalue weighted by atomic mass is 10.0. The topological polar surface area (TPSA) is 73.0 Å². The Labute approximate surface area is 197 Å². The molecule has 4 rings (SSSR count). The summed E-state index contributed by atoms with van der Waals surface area (Å²) in [7, 11) is 0. The molecule has 7 nitrogen and oxygen atoms in total. The molecule has 0 bridgehead atoms. The Morgan fingerprint density at radius 2 is 1.73 bits per heavy atom. The quantitative estimate of drug-likeness (QED) is 0.690. The molecule has 0 aliphatic carbocycles. The number of carbonyl (C=O) groups is 3. The van der Waals surface area contributed by atoms with E-state index in [1.165, 1.54) is 17.0 Å². The number of hydrogen-bond donors (Lipinski definition) is 1. The van der Waals surface area contributed by atoms with E-state index in [4.69, 9.17) is 11.6 Å². The van der Waals surface area contributed by atoms with Crippen molar-refractivity contribution >= 4 is 35.1 Å². The molecule has 2 heterocycles. The molecule has 0 aromatic heterocycles. The fourth-order valence-corrected chi connectivity index (χ4v) is 4.58. The van der Waals surface area contributed by atoms with Crippen molar-refractivity contribution in [3.63, 3.8) is 0 Å². The molecule has 0 saturated carbocycles. The summed E-state index contributed by atoms with van der Waals surface area (Å²) in [5, 5.41) is 3.33. The van der Waals surface area contributed by atoms with Crippen molar-refractivity contribution in [2.75, 3.05) is 31.5 Å².